The first-order valence-electron chi connectivity index (χ1n) is 7.67. The van der Waals surface area contributed by atoms with Crippen LogP contribution in [-0.2, 0) is 4.74 Å². The number of amides is 1. The van der Waals surface area contributed by atoms with Crippen LogP contribution in [0.3, 0.4) is 0 Å². The third kappa shape index (κ3) is 3.79. The summed E-state index contributed by atoms with van der Waals surface area (Å²) in [6, 6.07) is 1.47. The lowest BCUT2D eigenvalue weighted by atomic mass is 10.2. The third-order valence-electron chi connectivity index (χ3n) is 4.50. The molecule has 0 aromatic heterocycles. The van der Waals surface area contributed by atoms with Crippen molar-refractivity contribution in [2.24, 2.45) is 11.8 Å². The quantitative estimate of drug-likeness (QED) is 0.748. The van der Waals surface area contributed by atoms with E-state index < -0.39 is 0 Å². The summed E-state index contributed by atoms with van der Waals surface area (Å²) in [6.45, 7) is 7.90. The molecule has 2 heterocycles. The zero-order valence-electron chi connectivity index (χ0n) is 12.7. The molecule has 0 aromatic rings. The number of ether oxygens (including phenoxy) is 1. The Morgan fingerprint density at radius 1 is 1.20 bits per heavy atom. The molecule has 1 amide bonds. The van der Waals surface area contributed by atoms with Gasteiger partial charge in [-0.2, -0.15) is 0 Å². The lowest BCUT2D eigenvalue weighted by Crippen LogP contribution is -2.36. The topological polar surface area (TPSA) is 41.6 Å². The summed E-state index contributed by atoms with van der Waals surface area (Å²) in [5.74, 6) is 1.89. The fraction of sp³-hybridized carbons (Fsp3) is 0.933. The molecule has 0 spiro atoms. The average Bonchev–Trinajstić information content (AvgIpc) is 3.17. The molecule has 2 saturated heterocycles. The van der Waals surface area contributed by atoms with Crippen LogP contribution < -0.4 is 5.32 Å². The van der Waals surface area contributed by atoms with Crippen molar-refractivity contribution in [1.29, 1.82) is 0 Å². The van der Waals surface area contributed by atoms with Crippen LogP contribution in [0.15, 0.2) is 0 Å². The smallest absolute Gasteiger partial charge is 0.410 e. The van der Waals surface area contributed by atoms with Crippen molar-refractivity contribution in [3.8, 4) is 0 Å². The molecule has 4 aliphatic rings. The van der Waals surface area contributed by atoms with E-state index in [-0.39, 0.29) is 24.1 Å². The average molecular weight is 303 g/mol. The maximum Gasteiger partial charge on any atom is 0.410 e. The fourth-order valence-corrected chi connectivity index (χ4v) is 3.21. The first-order valence-corrected chi connectivity index (χ1v) is 7.67. The highest BCUT2D eigenvalue weighted by molar-refractivity contribution is 5.85. The molecule has 2 aliphatic carbocycles. The van der Waals surface area contributed by atoms with E-state index in [1.807, 2.05) is 25.7 Å². The largest absolute Gasteiger partial charge is 0.444 e. The number of likely N-dealkylation sites (tertiary alicyclic amines) is 1. The zero-order valence-corrected chi connectivity index (χ0v) is 13.5. The van der Waals surface area contributed by atoms with Crippen molar-refractivity contribution < 1.29 is 9.53 Å². The zero-order chi connectivity index (χ0) is 13.6. The maximum atomic E-state index is 11.6. The van der Waals surface area contributed by atoms with Gasteiger partial charge in [0, 0.05) is 18.6 Å². The van der Waals surface area contributed by atoms with Crippen LogP contribution >= 0.6 is 12.4 Å². The van der Waals surface area contributed by atoms with Crippen LogP contribution in [0.2, 0.25) is 0 Å². The molecule has 2 aliphatic heterocycles. The number of fused-ring (bicyclic) bond motifs is 2. The number of rotatable bonds is 0. The van der Waals surface area contributed by atoms with Gasteiger partial charge in [-0.1, -0.05) is 0 Å². The monoisotopic (exact) mass is 302 g/mol. The van der Waals surface area contributed by atoms with Crippen molar-refractivity contribution in [3.05, 3.63) is 0 Å². The Balaban J connectivity index is 0.000000175. The van der Waals surface area contributed by atoms with Crippen molar-refractivity contribution in [1.82, 2.24) is 10.2 Å². The molecule has 2 saturated carbocycles. The molecule has 5 heteroatoms. The molecule has 1 N–H and O–H groups in total. The maximum absolute atomic E-state index is 11.6. The fourth-order valence-electron chi connectivity index (χ4n) is 3.21. The van der Waals surface area contributed by atoms with Gasteiger partial charge in [0.05, 0.1) is 0 Å². The SMILES string of the molecule is C1CC2CC2N1.CC(C)(C)OC(=O)N1CCC2CC21.Cl. The standard InChI is InChI=1S/C10H17NO2.C5H9N.ClH/c1-10(2,3)13-9(12)11-5-4-7-6-8(7)11;1-2-6-5-3-4(1)5;/h7-8H,4-6H2,1-3H3;4-6H,1-3H2;1H. The number of nitrogens with zero attached hydrogens (tertiary/aromatic N) is 1. The Hall–Kier alpha value is -0.480. The van der Waals surface area contributed by atoms with E-state index in [1.54, 1.807) is 0 Å². The van der Waals surface area contributed by atoms with Gasteiger partial charge in [0.1, 0.15) is 5.60 Å². The third-order valence-corrected chi connectivity index (χ3v) is 4.50. The Labute approximate surface area is 128 Å². The molecule has 20 heavy (non-hydrogen) atoms. The van der Waals surface area contributed by atoms with E-state index in [0.29, 0.717) is 6.04 Å². The van der Waals surface area contributed by atoms with Gasteiger partial charge >= 0.3 is 6.09 Å². The molecular formula is C15H27ClN2O2. The summed E-state index contributed by atoms with van der Waals surface area (Å²) in [5, 5.41) is 3.39. The Bertz CT molecular complexity index is 361. The van der Waals surface area contributed by atoms with Crippen LogP contribution in [0.4, 0.5) is 4.79 Å². The number of piperidine rings is 2. The van der Waals surface area contributed by atoms with Crippen LogP contribution in [-0.4, -0.2) is 41.8 Å². The molecule has 0 aromatic carbocycles. The highest BCUT2D eigenvalue weighted by atomic mass is 35.5. The number of carbonyl (C=O) groups excluding carboxylic acids is 1. The van der Waals surface area contributed by atoms with Crippen LogP contribution in [0.5, 0.6) is 0 Å². The minimum absolute atomic E-state index is 0. The summed E-state index contributed by atoms with van der Waals surface area (Å²) in [6.07, 6.45) is 5.16. The Morgan fingerprint density at radius 3 is 2.25 bits per heavy atom. The van der Waals surface area contributed by atoms with E-state index in [0.717, 1.165) is 24.4 Å². The van der Waals surface area contributed by atoms with E-state index in [4.69, 9.17) is 4.74 Å². The Kier molecular flexibility index (Phi) is 4.55. The highest BCUT2D eigenvalue weighted by Gasteiger charge is 2.49. The number of hydrogen-bond donors (Lipinski definition) is 1. The molecule has 4 unspecified atom stereocenters. The van der Waals surface area contributed by atoms with E-state index in [1.165, 1.54) is 32.2 Å². The van der Waals surface area contributed by atoms with E-state index in [9.17, 15) is 4.79 Å². The molecule has 4 rings (SSSR count). The van der Waals surface area contributed by atoms with Gasteiger partial charge in [0.2, 0.25) is 0 Å². The van der Waals surface area contributed by atoms with Gasteiger partial charge in [-0.3, -0.25) is 0 Å². The second-order valence-corrected chi connectivity index (χ2v) is 7.37. The summed E-state index contributed by atoms with van der Waals surface area (Å²) < 4.78 is 5.31. The van der Waals surface area contributed by atoms with Crippen molar-refractivity contribution in [2.45, 2.75) is 64.1 Å². The summed E-state index contributed by atoms with van der Waals surface area (Å²) >= 11 is 0. The molecular weight excluding hydrogens is 276 g/mol. The van der Waals surface area contributed by atoms with Crippen LogP contribution in [0.1, 0.15) is 46.5 Å². The lowest BCUT2D eigenvalue weighted by Gasteiger charge is -2.25. The van der Waals surface area contributed by atoms with E-state index in [2.05, 4.69) is 5.32 Å². The van der Waals surface area contributed by atoms with Crippen LogP contribution in [0, 0.1) is 11.8 Å². The summed E-state index contributed by atoms with van der Waals surface area (Å²) in [4.78, 5) is 13.5. The van der Waals surface area contributed by atoms with Gasteiger partial charge in [0.15, 0.2) is 0 Å². The number of nitrogens with one attached hydrogen (secondary N) is 1. The lowest BCUT2D eigenvalue weighted by molar-refractivity contribution is 0.0264. The normalized spacial score (nSPS) is 36.0. The number of hydrogen-bond acceptors (Lipinski definition) is 3. The number of carbonyl (C=O) groups is 1. The first-order chi connectivity index (χ1) is 8.94. The second-order valence-electron chi connectivity index (χ2n) is 7.37. The molecule has 0 bridgehead atoms. The summed E-state index contributed by atoms with van der Waals surface area (Å²) in [7, 11) is 0. The van der Waals surface area contributed by atoms with Gasteiger partial charge < -0.3 is 15.0 Å². The van der Waals surface area contributed by atoms with Gasteiger partial charge in [-0.05, 0) is 64.8 Å². The van der Waals surface area contributed by atoms with Crippen molar-refractivity contribution in [2.75, 3.05) is 13.1 Å². The second kappa shape index (κ2) is 5.72. The van der Waals surface area contributed by atoms with E-state index >= 15 is 0 Å². The molecule has 0 radical (unpaired) electrons. The van der Waals surface area contributed by atoms with Crippen molar-refractivity contribution >= 4 is 18.5 Å². The minimum atomic E-state index is -0.357. The Morgan fingerprint density at radius 2 is 1.95 bits per heavy atom. The minimum Gasteiger partial charge on any atom is -0.444 e. The van der Waals surface area contributed by atoms with Gasteiger partial charge in [-0.25, -0.2) is 4.79 Å². The predicted molar refractivity (Wildman–Crippen MR) is 81.2 cm³/mol. The molecule has 4 atom stereocenters. The summed E-state index contributed by atoms with van der Waals surface area (Å²) in [5.41, 5.74) is -0.357. The highest BCUT2D eigenvalue weighted by Crippen LogP contribution is 2.44. The number of halogens is 1. The molecule has 116 valence electrons. The predicted octanol–water partition coefficient (Wildman–Crippen LogP) is 2.81. The van der Waals surface area contributed by atoms with Crippen LogP contribution in [0.25, 0.3) is 0 Å². The van der Waals surface area contributed by atoms with Gasteiger partial charge in [0.25, 0.3) is 0 Å². The molecule has 4 nitrogen and oxygen atoms in total. The van der Waals surface area contributed by atoms with Crippen molar-refractivity contribution in [3.63, 3.8) is 0 Å². The molecule has 4 fully saturated rings. The van der Waals surface area contributed by atoms with Gasteiger partial charge in [-0.15, -0.1) is 12.4 Å². The first kappa shape index (κ1) is 15.9.